The van der Waals surface area contributed by atoms with Crippen LogP contribution in [0.2, 0.25) is 0 Å². The Morgan fingerprint density at radius 2 is 2.00 bits per heavy atom. The third-order valence-electron chi connectivity index (χ3n) is 3.42. The molecule has 1 aliphatic rings. The zero-order chi connectivity index (χ0) is 13.2. The fourth-order valence-corrected chi connectivity index (χ4v) is 2.42. The largest absolute Gasteiger partial charge is 0.416 e. The highest BCUT2D eigenvalue weighted by Crippen LogP contribution is 2.32. The Kier molecular flexibility index (Phi) is 3.92. The van der Waals surface area contributed by atoms with Gasteiger partial charge in [-0.2, -0.15) is 13.2 Å². The van der Waals surface area contributed by atoms with Crippen molar-refractivity contribution in [2.75, 3.05) is 19.6 Å². The molecule has 0 amide bonds. The first-order valence-corrected chi connectivity index (χ1v) is 6.08. The molecule has 1 aromatic rings. The quantitative estimate of drug-likeness (QED) is 0.902. The first-order valence-electron chi connectivity index (χ1n) is 6.08. The van der Waals surface area contributed by atoms with Crippen molar-refractivity contribution in [2.24, 2.45) is 11.7 Å². The topological polar surface area (TPSA) is 29.3 Å². The molecule has 2 nitrogen and oxygen atoms in total. The zero-order valence-corrected chi connectivity index (χ0v) is 10.1. The summed E-state index contributed by atoms with van der Waals surface area (Å²) in [4.78, 5) is 2.04. The molecule has 0 bridgehead atoms. The van der Waals surface area contributed by atoms with Gasteiger partial charge in [0.05, 0.1) is 5.56 Å². The molecule has 18 heavy (non-hydrogen) atoms. The van der Waals surface area contributed by atoms with Gasteiger partial charge in [0.25, 0.3) is 0 Å². The van der Waals surface area contributed by atoms with Crippen LogP contribution in [0.15, 0.2) is 24.3 Å². The van der Waals surface area contributed by atoms with Gasteiger partial charge in [0.2, 0.25) is 0 Å². The molecule has 100 valence electrons. The Labute approximate surface area is 105 Å². The number of likely N-dealkylation sites (tertiary alicyclic amines) is 1. The van der Waals surface area contributed by atoms with E-state index in [0.717, 1.165) is 25.6 Å². The molecule has 0 saturated carbocycles. The predicted octanol–water partition coefficient (Wildman–Crippen LogP) is 2.49. The SMILES string of the molecule is NCC1CCN(Cc2ccccc2C(F)(F)F)C1. The number of alkyl halides is 3. The molecule has 1 saturated heterocycles. The van der Waals surface area contributed by atoms with E-state index in [-0.39, 0.29) is 0 Å². The van der Waals surface area contributed by atoms with Gasteiger partial charge < -0.3 is 5.73 Å². The second-order valence-electron chi connectivity index (χ2n) is 4.78. The average Bonchev–Trinajstić information content (AvgIpc) is 2.76. The molecule has 0 radical (unpaired) electrons. The van der Waals surface area contributed by atoms with Gasteiger partial charge in [0.1, 0.15) is 0 Å². The molecule has 1 aliphatic heterocycles. The fraction of sp³-hybridized carbons (Fsp3) is 0.538. The maximum absolute atomic E-state index is 12.8. The summed E-state index contributed by atoms with van der Waals surface area (Å²) in [6, 6.07) is 5.78. The Morgan fingerprint density at radius 3 is 2.61 bits per heavy atom. The Hall–Kier alpha value is -1.07. The highest BCUT2D eigenvalue weighted by atomic mass is 19.4. The van der Waals surface area contributed by atoms with Crippen LogP contribution in [0.1, 0.15) is 17.5 Å². The molecule has 1 unspecified atom stereocenters. The average molecular weight is 258 g/mol. The predicted molar refractivity (Wildman–Crippen MR) is 63.9 cm³/mol. The summed E-state index contributed by atoms with van der Waals surface area (Å²) in [5, 5.41) is 0. The summed E-state index contributed by atoms with van der Waals surface area (Å²) < 4.78 is 38.5. The van der Waals surface area contributed by atoms with Crippen LogP contribution in [0.3, 0.4) is 0 Å². The van der Waals surface area contributed by atoms with E-state index in [2.05, 4.69) is 0 Å². The minimum Gasteiger partial charge on any atom is -0.330 e. The molecule has 0 aromatic heterocycles. The summed E-state index contributed by atoms with van der Waals surface area (Å²) >= 11 is 0. The van der Waals surface area contributed by atoms with Crippen LogP contribution in [0.4, 0.5) is 13.2 Å². The van der Waals surface area contributed by atoms with E-state index in [1.807, 2.05) is 4.90 Å². The molecule has 1 heterocycles. The van der Waals surface area contributed by atoms with Gasteiger partial charge in [-0.05, 0) is 37.1 Å². The smallest absolute Gasteiger partial charge is 0.330 e. The van der Waals surface area contributed by atoms with Gasteiger partial charge in [-0.3, -0.25) is 4.90 Å². The third-order valence-corrected chi connectivity index (χ3v) is 3.42. The minimum absolute atomic E-state index is 0.350. The van der Waals surface area contributed by atoms with E-state index in [0.29, 0.717) is 24.6 Å². The van der Waals surface area contributed by atoms with Crippen molar-refractivity contribution in [1.82, 2.24) is 4.90 Å². The van der Waals surface area contributed by atoms with Crippen LogP contribution in [0.25, 0.3) is 0 Å². The molecule has 1 atom stereocenters. The van der Waals surface area contributed by atoms with E-state index in [1.54, 1.807) is 12.1 Å². The fourth-order valence-electron chi connectivity index (χ4n) is 2.42. The number of nitrogens with zero attached hydrogens (tertiary/aromatic N) is 1. The van der Waals surface area contributed by atoms with Crippen molar-refractivity contribution in [1.29, 1.82) is 0 Å². The van der Waals surface area contributed by atoms with E-state index in [1.165, 1.54) is 6.07 Å². The zero-order valence-electron chi connectivity index (χ0n) is 10.1. The Bertz CT molecular complexity index is 403. The minimum atomic E-state index is -4.27. The summed E-state index contributed by atoms with van der Waals surface area (Å²) in [5.74, 6) is 0.419. The number of rotatable bonds is 3. The highest BCUT2D eigenvalue weighted by Gasteiger charge is 2.33. The number of hydrogen-bond donors (Lipinski definition) is 1. The lowest BCUT2D eigenvalue weighted by atomic mass is 10.1. The van der Waals surface area contributed by atoms with Crippen LogP contribution < -0.4 is 5.73 Å². The number of benzene rings is 1. The van der Waals surface area contributed by atoms with Crippen LogP contribution in [-0.4, -0.2) is 24.5 Å². The van der Waals surface area contributed by atoms with Crippen molar-refractivity contribution < 1.29 is 13.2 Å². The molecule has 5 heteroatoms. The Morgan fingerprint density at radius 1 is 1.28 bits per heavy atom. The summed E-state index contributed by atoms with van der Waals surface area (Å²) in [6.45, 7) is 2.58. The summed E-state index contributed by atoms with van der Waals surface area (Å²) in [5.41, 5.74) is 5.40. The van der Waals surface area contributed by atoms with Crippen molar-refractivity contribution in [3.63, 3.8) is 0 Å². The van der Waals surface area contributed by atoms with E-state index in [9.17, 15) is 13.2 Å². The van der Waals surface area contributed by atoms with Crippen molar-refractivity contribution >= 4 is 0 Å². The van der Waals surface area contributed by atoms with Crippen LogP contribution in [-0.2, 0) is 12.7 Å². The van der Waals surface area contributed by atoms with Gasteiger partial charge in [-0.15, -0.1) is 0 Å². The van der Waals surface area contributed by atoms with Gasteiger partial charge >= 0.3 is 6.18 Å². The second-order valence-corrected chi connectivity index (χ2v) is 4.78. The summed E-state index contributed by atoms with van der Waals surface area (Å²) in [7, 11) is 0. The molecule has 0 aliphatic carbocycles. The molecular weight excluding hydrogens is 241 g/mol. The van der Waals surface area contributed by atoms with Crippen LogP contribution >= 0.6 is 0 Å². The maximum atomic E-state index is 12.8. The molecule has 2 N–H and O–H groups in total. The van der Waals surface area contributed by atoms with Crippen molar-refractivity contribution in [2.45, 2.75) is 19.1 Å². The van der Waals surface area contributed by atoms with Gasteiger partial charge in [0.15, 0.2) is 0 Å². The van der Waals surface area contributed by atoms with Crippen molar-refractivity contribution in [3.8, 4) is 0 Å². The molecule has 2 rings (SSSR count). The molecule has 0 spiro atoms. The first-order chi connectivity index (χ1) is 8.50. The third kappa shape index (κ3) is 3.03. The monoisotopic (exact) mass is 258 g/mol. The van der Waals surface area contributed by atoms with Crippen molar-refractivity contribution in [3.05, 3.63) is 35.4 Å². The van der Waals surface area contributed by atoms with Crippen LogP contribution in [0, 0.1) is 5.92 Å². The Balaban J connectivity index is 2.10. The normalized spacial score (nSPS) is 21.4. The second kappa shape index (κ2) is 5.28. The lowest BCUT2D eigenvalue weighted by molar-refractivity contribution is -0.138. The number of nitrogens with two attached hydrogens (primary N) is 1. The van der Waals surface area contributed by atoms with Gasteiger partial charge in [-0.1, -0.05) is 18.2 Å². The van der Waals surface area contributed by atoms with E-state index >= 15 is 0 Å². The molecule has 1 fully saturated rings. The maximum Gasteiger partial charge on any atom is 0.416 e. The standard InChI is InChI=1S/C13H17F3N2/c14-13(15,16)12-4-2-1-3-11(12)9-18-6-5-10(7-17)8-18/h1-4,10H,5-9,17H2. The highest BCUT2D eigenvalue weighted by molar-refractivity contribution is 5.29. The van der Waals surface area contributed by atoms with Gasteiger partial charge in [-0.25, -0.2) is 0 Å². The summed E-state index contributed by atoms with van der Waals surface area (Å²) in [6.07, 6.45) is -3.30. The first kappa shape index (κ1) is 13.4. The molecular formula is C13H17F3N2. The lowest BCUT2D eigenvalue weighted by Crippen LogP contribution is -2.24. The van der Waals surface area contributed by atoms with Crippen LogP contribution in [0.5, 0.6) is 0 Å². The van der Waals surface area contributed by atoms with E-state index < -0.39 is 11.7 Å². The van der Waals surface area contributed by atoms with Gasteiger partial charge in [0, 0.05) is 13.1 Å². The number of halogens is 3. The molecule has 1 aromatic carbocycles. The van der Waals surface area contributed by atoms with E-state index in [4.69, 9.17) is 5.73 Å². The lowest BCUT2D eigenvalue weighted by Gasteiger charge is -2.19. The number of hydrogen-bond acceptors (Lipinski definition) is 2.